The van der Waals surface area contributed by atoms with E-state index in [-0.39, 0.29) is 17.8 Å². The van der Waals surface area contributed by atoms with Crippen LogP contribution in [0.15, 0.2) is 11.4 Å². The van der Waals surface area contributed by atoms with Gasteiger partial charge in [0.15, 0.2) is 5.84 Å². The van der Waals surface area contributed by atoms with Crippen molar-refractivity contribution in [2.75, 3.05) is 6.54 Å². The Morgan fingerprint density at radius 3 is 3.12 bits per heavy atom. The molecular weight excluding hydrogens is 240 g/mol. The predicted octanol–water partition coefficient (Wildman–Crippen LogP) is 0.803. The number of carbonyl (C=O) groups excluding carboxylic acids is 1. The number of aryl methyl sites for hydroxylation is 1. The lowest BCUT2D eigenvalue weighted by atomic mass is 10.2. The Hall–Kier alpha value is -1.63. The summed E-state index contributed by atoms with van der Waals surface area (Å²) in [6.45, 7) is 2.49. The Bertz CT molecular complexity index is 457. The fraction of sp³-hybridized carbons (Fsp3) is 0.500. The summed E-state index contributed by atoms with van der Waals surface area (Å²) in [6.07, 6.45) is 3.17. The number of carbonyl (C=O) groups is 1. The minimum atomic E-state index is -0.296. The predicted molar refractivity (Wildman–Crippen MR) is 64.3 cm³/mol. The van der Waals surface area contributed by atoms with E-state index in [1.54, 1.807) is 11.1 Å². The zero-order valence-electron chi connectivity index (χ0n) is 9.46. The number of oxime groups is 1. The van der Waals surface area contributed by atoms with Gasteiger partial charge in [-0.3, -0.25) is 4.79 Å². The molecule has 1 fully saturated rings. The number of amidine groups is 1. The van der Waals surface area contributed by atoms with Crippen LogP contribution < -0.4 is 5.73 Å². The van der Waals surface area contributed by atoms with Gasteiger partial charge in [0.2, 0.25) is 0 Å². The van der Waals surface area contributed by atoms with Crippen LogP contribution in [-0.2, 0) is 0 Å². The molecule has 0 saturated carbocycles. The molecule has 7 heteroatoms. The van der Waals surface area contributed by atoms with E-state index in [1.165, 1.54) is 11.3 Å². The average Bonchev–Trinajstić information content (AvgIpc) is 2.95. The second-order valence-corrected chi connectivity index (χ2v) is 5.16. The zero-order chi connectivity index (χ0) is 12.4. The Morgan fingerprint density at radius 2 is 2.53 bits per heavy atom. The number of nitrogens with two attached hydrogens (primary N) is 1. The largest absolute Gasteiger partial charge is 0.409 e. The van der Waals surface area contributed by atoms with E-state index in [9.17, 15) is 4.79 Å². The molecule has 1 aliphatic heterocycles. The van der Waals surface area contributed by atoms with Gasteiger partial charge >= 0.3 is 0 Å². The van der Waals surface area contributed by atoms with Gasteiger partial charge in [0.1, 0.15) is 4.88 Å². The van der Waals surface area contributed by atoms with Crippen LogP contribution in [0.3, 0.4) is 0 Å². The molecule has 92 valence electrons. The maximum absolute atomic E-state index is 12.2. The van der Waals surface area contributed by atoms with Gasteiger partial charge in [-0.15, -0.1) is 11.3 Å². The molecule has 1 atom stereocenters. The lowest BCUT2D eigenvalue weighted by Gasteiger charge is -2.22. The molecule has 1 aliphatic rings. The van der Waals surface area contributed by atoms with Crippen molar-refractivity contribution in [3.05, 3.63) is 16.1 Å². The van der Waals surface area contributed by atoms with Crippen molar-refractivity contribution in [1.29, 1.82) is 0 Å². The number of nitrogens with zero attached hydrogens (tertiary/aromatic N) is 3. The fourth-order valence-electron chi connectivity index (χ4n) is 1.99. The SMILES string of the molecule is Cc1ncc(C(=O)N2CCCC2/C(N)=N/O)s1. The van der Waals surface area contributed by atoms with Crippen molar-refractivity contribution in [3.8, 4) is 0 Å². The molecule has 2 rings (SSSR count). The highest BCUT2D eigenvalue weighted by molar-refractivity contribution is 7.13. The Morgan fingerprint density at radius 1 is 1.76 bits per heavy atom. The van der Waals surface area contributed by atoms with Gasteiger partial charge in [0.25, 0.3) is 5.91 Å². The first-order valence-electron chi connectivity index (χ1n) is 5.34. The lowest BCUT2D eigenvalue weighted by Crippen LogP contribution is -2.43. The van der Waals surface area contributed by atoms with E-state index in [1.807, 2.05) is 6.92 Å². The van der Waals surface area contributed by atoms with Crippen LogP contribution in [0.25, 0.3) is 0 Å². The first kappa shape index (κ1) is 11.8. The Kier molecular flexibility index (Phi) is 3.28. The van der Waals surface area contributed by atoms with Gasteiger partial charge in [0, 0.05) is 6.54 Å². The number of thiazole rings is 1. The van der Waals surface area contributed by atoms with Crippen molar-refractivity contribution in [1.82, 2.24) is 9.88 Å². The number of aromatic nitrogens is 1. The van der Waals surface area contributed by atoms with Crippen LogP contribution in [0.2, 0.25) is 0 Å². The molecule has 0 radical (unpaired) electrons. The molecule has 0 bridgehead atoms. The summed E-state index contributed by atoms with van der Waals surface area (Å²) in [5.74, 6) is 0.00165. The summed E-state index contributed by atoms with van der Waals surface area (Å²) in [4.78, 5) is 18.5. The molecule has 1 aromatic rings. The van der Waals surface area contributed by atoms with E-state index < -0.39 is 0 Å². The number of amides is 1. The van der Waals surface area contributed by atoms with Crippen LogP contribution in [0.5, 0.6) is 0 Å². The minimum absolute atomic E-state index is 0.0929. The first-order chi connectivity index (χ1) is 8.13. The van der Waals surface area contributed by atoms with Crippen LogP contribution >= 0.6 is 11.3 Å². The summed E-state index contributed by atoms with van der Waals surface area (Å²) in [5.41, 5.74) is 5.58. The molecule has 1 unspecified atom stereocenters. The van der Waals surface area contributed by atoms with Crippen molar-refractivity contribution in [2.24, 2.45) is 10.9 Å². The molecule has 1 aromatic heterocycles. The Balaban J connectivity index is 2.19. The molecule has 0 aliphatic carbocycles. The highest BCUT2D eigenvalue weighted by atomic mass is 32.1. The van der Waals surface area contributed by atoms with Crippen LogP contribution in [0.4, 0.5) is 0 Å². The van der Waals surface area contributed by atoms with Crippen molar-refractivity contribution < 1.29 is 10.0 Å². The summed E-state index contributed by atoms with van der Waals surface area (Å²) in [7, 11) is 0. The third-order valence-electron chi connectivity index (χ3n) is 2.80. The maximum atomic E-state index is 12.2. The summed E-state index contributed by atoms with van der Waals surface area (Å²) >= 11 is 1.36. The summed E-state index contributed by atoms with van der Waals surface area (Å²) in [6, 6.07) is -0.296. The normalized spacial score (nSPS) is 20.9. The molecule has 6 nitrogen and oxygen atoms in total. The lowest BCUT2D eigenvalue weighted by molar-refractivity contribution is 0.0772. The monoisotopic (exact) mass is 254 g/mol. The molecule has 1 amide bonds. The second kappa shape index (κ2) is 4.70. The standard InChI is InChI=1S/C10H14N4O2S/c1-6-12-5-8(17-6)10(15)14-4-2-3-7(14)9(11)13-16/h5,7,16H,2-4H2,1H3,(H2,11,13). The summed E-state index contributed by atoms with van der Waals surface area (Å²) in [5, 5.41) is 12.5. The third kappa shape index (κ3) is 2.23. The van der Waals surface area contributed by atoms with Gasteiger partial charge < -0.3 is 15.8 Å². The number of rotatable bonds is 2. The molecule has 0 spiro atoms. The van der Waals surface area contributed by atoms with E-state index >= 15 is 0 Å². The molecule has 17 heavy (non-hydrogen) atoms. The quantitative estimate of drug-likeness (QED) is 0.353. The van der Waals surface area contributed by atoms with Crippen LogP contribution in [-0.4, -0.2) is 39.4 Å². The molecule has 2 heterocycles. The first-order valence-corrected chi connectivity index (χ1v) is 6.16. The van der Waals surface area contributed by atoms with Crippen molar-refractivity contribution in [2.45, 2.75) is 25.8 Å². The topological polar surface area (TPSA) is 91.8 Å². The highest BCUT2D eigenvalue weighted by Gasteiger charge is 2.33. The van der Waals surface area contributed by atoms with Crippen LogP contribution in [0, 0.1) is 6.92 Å². The smallest absolute Gasteiger partial charge is 0.266 e. The third-order valence-corrected chi connectivity index (χ3v) is 3.70. The maximum Gasteiger partial charge on any atom is 0.266 e. The van der Waals surface area contributed by atoms with Gasteiger partial charge in [-0.25, -0.2) is 4.98 Å². The number of hydrogen-bond acceptors (Lipinski definition) is 5. The van der Waals surface area contributed by atoms with Crippen molar-refractivity contribution in [3.63, 3.8) is 0 Å². The van der Waals surface area contributed by atoms with Crippen LogP contribution in [0.1, 0.15) is 27.5 Å². The molecule has 3 N–H and O–H groups in total. The molecular formula is C10H14N4O2S. The number of hydrogen-bond donors (Lipinski definition) is 2. The molecule has 0 aromatic carbocycles. The Labute approximate surface area is 103 Å². The minimum Gasteiger partial charge on any atom is -0.409 e. The highest BCUT2D eigenvalue weighted by Crippen LogP contribution is 2.22. The van der Waals surface area contributed by atoms with Gasteiger partial charge in [-0.2, -0.15) is 0 Å². The molecule has 1 saturated heterocycles. The van der Waals surface area contributed by atoms with Crippen molar-refractivity contribution >= 4 is 23.1 Å². The van der Waals surface area contributed by atoms with E-state index in [2.05, 4.69) is 10.1 Å². The summed E-state index contributed by atoms with van der Waals surface area (Å²) < 4.78 is 0. The van der Waals surface area contributed by atoms with E-state index in [0.29, 0.717) is 11.4 Å². The zero-order valence-corrected chi connectivity index (χ0v) is 10.3. The fourth-order valence-corrected chi connectivity index (χ4v) is 2.72. The van der Waals surface area contributed by atoms with Gasteiger partial charge in [-0.05, 0) is 19.8 Å². The van der Waals surface area contributed by atoms with E-state index in [0.717, 1.165) is 17.8 Å². The van der Waals surface area contributed by atoms with Gasteiger partial charge in [0.05, 0.1) is 17.2 Å². The number of likely N-dealkylation sites (tertiary alicyclic amines) is 1. The second-order valence-electron chi connectivity index (χ2n) is 3.92. The van der Waals surface area contributed by atoms with Gasteiger partial charge in [-0.1, -0.05) is 5.16 Å². The van der Waals surface area contributed by atoms with E-state index in [4.69, 9.17) is 10.9 Å². The average molecular weight is 254 g/mol.